The summed E-state index contributed by atoms with van der Waals surface area (Å²) in [7, 11) is 0. The predicted molar refractivity (Wildman–Crippen MR) is 69.5 cm³/mol. The molecule has 0 saturated carbocycles. The van der Waals surface area contributed by atoms with E-state index in [-0.39, 0.29) is 24.9 Å². The van der Waals surface area contributed by atoms with Crippen LogP contribution >= 0.6 is 28.3 Å². The summed E-state index contributed by atoms with van der Waals surface area (Å²) in [5.74, 6) is 0.171. The molecular weight excluding hydrogens is 277 g/mol. The van der Waals surface area contributed by atoms with E-state index in [0.717, 1.165) is 10.9 Å². The predicted octanol–water partition coefficient (Wildman–Crippen LogP) is 2.29. The summed E-state index contributed by atoms with van der Waals surface area (Å²) in [5, 5.41) is 9.02. The Morgan fingerprint density at radius 1 is 1.47 bits per heavy atom. The number of rotatable bonds is 4. The molecule has 1 aromatic rings. The quantitative estimate of drug-likeness (QED) is 0.895. The van der Waals surface area contributed by atoms with Gasteiger partial charge in [0.05, 0.1) is 0 Å². The minimum Gasteiger partial charge on any atom is -0.396 e. The fraction of sp³-hybridized carbons (Fsp3) is 0.455. The summed E-state index contributed by atoms with van der Waals surface area (Å²) in [6.45, 7) is 2.74. The van der Waals surface area contributed by atoms with Crippen LogP contribution in [0.4, 0.5) is 0 Å². The fourth-order valence-corrected chi connectivity index (χ4v) is 1.75. The molecule has 0 aliphatic carbocycles. The topological polar surface area (TPSA) is 46.2 Å². The van der Waals surface area contributed by atoms with Crippen molar-refractivity contribution in [1.29, 1.82) is 0 Å². The molecule has 1 rings (SSSR count). The molecular formula is C11H17BrClNO. The molecule has 0 aliphatic heterocycles. The first kappa shape index (κ1) is 14.9. The first-order valence-corrected chi connectivity index (χ1v) is 5.52. The molecule has 0 radical (unpaired) electrons. The van der Waals surface area contributed by atoms with E-state index in [2.05, 4.69) is 41.1 Å². The van der Waals surface area contributed by atoms with Crippen LogP contribution in [-0.2, 0) is 6.42 Å². The average molecular weight is 295 g/mol. The van der Waals surface area contributed by atoms with Gasteiger partial charge in [0.25, 0.3) is 0 Å². The van der Waals surface area contributed by atoms with Crippen LogP contribution in [0.2, 0.25) is 0 Å². The van der Waals surface area contributed by atoms with E-state index >= 15 is 0 Å². The third-order valence-electron chi connectivity index (χ3n) is 2.35. The first-order chi connectivity index (χ1) is 6.67. The van der Waals surface area contributed by atoms with Gasteiger partial charge in [0.15, 0.2) is 0 Å². The van der Waals surface area contributed by atoms with Crippen molar-refractivity contribution in [3.8, 4) is 0 Å². The molecule has 0 bridgehead atoms. The fourth-order valence-electron chi connectivity index (χ4n) is 1.32. The highest BCUT2D eigenvalue weighted by atomic mass is 79.9. The van der Waals surface area contributed by atoms with Crippen LogP contribution in [0.1, 0.15) is 11.1 Å². The van der Waals surface area contributed by atoms with Gasteiger partial charge in [-0.3, -0.25) is 0 Å². The van der Waals surface area contributed by atoms with E-state index in [1.54, 1.807) is 0 Å². The molecule has 86 valence electrons. The highest BCUT2D eigenvalue weighted by Gasteiger charge is 2.06. The first-order valence-electron chi connectivity index (χ1n) is 4.73. The molecule has 0 saturated heterocycles. The Kier molecular flexibility index (Phi) is 7.18. The van der Waals surface area contributed by atoms with Crippen LogP contribution in [0.25, 0.3) is 0 Å². The van der Waals surface area contributed by atoms with E-state index in [9.17, 15) is 0 Å². The van der Waals surface area contributed by atoms with Crippen LogP contribution < -0.4 is 5.73 Å². The zero-order chi connectivity index (χ0) is 10.6. The van der Waals surface area contributed by atoms with Gasteiger partial charge in [-0.25, -0.2) is 0 Å². The number of aliphatic hydroxyl groups excluding tert-OH is 1. The molecule has 3 N–H and O–H groups in total. The van der Waals surface area contributed by atoms with Gasteiger partial charge in [-0.15, -0.1) is 12.4 Å². The van der Waals surface area contributed by atoms with E-state index in [0.29, 0.717) is 6.54 Å². The third kappa shape index (κ3) is 4.51. The molecule has 15 heavy (non-hydrogen) atoms. The van der Waals surface area contributed by atoms with Crippen molar-refractivity contribution >= 4 is 28.3 Å². The zero-order valence-electron chi connectivity index (χ0n) is 8.74. The second-order valence-corrected chi connectivity index (χ2v) is 4.43. The van der Waals surface area contributed by atoms with Gasteiger partial charge >= 0.3 is 0 Å². The van der Waals surface area contributed by atoms with Gasteiger partial charge < -0.3 is 10.8 Å². The average Bonchev–Trinajstić information content (AvgIpc) is 2.19. The van der Waals surface area contributed by atoms with Gasteiger partial charge in [0.1, 0.15) is 0 Å². The lowest BCUT2D eigenvalue weighted by Gasteiger charge is -2.11. The molecule has 0 spiro atoms. The molecule has 0 aliphatic rings. The Labute approximate surface area is 105 Å². The smallest absolute Gasteiger partial charge is 0.0474 e. The van der Waals surface area contributed by atoms with Gasteiger partial charge in [-0.1, -0.05) is 28.1 Å². The van der Waals surface area contributed by atoms with Gasteiger partial charge in [-0.2, -0.15) is 0 Å². The van der Waals surface area contributed by atoms with Gasteiger partial charge in [-0.05, 0) is 43.0 Å². The van der Waals surface area contributed by atoms with Crippen molar-refractivity contribution in [1.82, 2.24) is 0 Å². The van der Waals surface area contributed by atoms with Crippen LogP contribution in [0.3, 0.4) is 0 Å². The van der Waals surface area contributed by atoms with Crippen molar-refractivity contribution in [2.45, 2.75) is 13.3 Å². The lowest BCUT2D eigenvalue weighted by atomic mass is 9.99. The van der Waals surface area contributed by atoms with Crippen molar-refractivity contribution in [3.63, 3.8) is 0 Å². The molecule has 0 amide bonds. The van der Waals surface area contributed by atoms with E-state index < -0.39 is 0 Å². The molecule has 0 aromatic heterocycles. The number of halogens is 2. The van der Waals surface area contributed by atoms with Crippen LogP contribution in [0.5, 0.6) is 0 Å². The zero-order valence-corrected chi connectivity index (χ0v) is 11.1. The van der Waals surface area contributed by atoms with E-state index in [1.165, 1.54) is 11.1 Å². The second-order valence-electron chi connectivity index (χ2n) is 3.57. The van der Waals surface area contributed by atoms with E-state index in [1.807, 2.05) is 0 Å². The standard InChI is InChI=1S/C11H16BrNO.ClH/c1-8-2-3-9(5-11(8)12)4-10(6-13)7-14;/h2-3,5,10,14H,4,6-7,13H2,1H3;1H. The third-order valence-corrected chi connectivity index (χ3v) is 3.21. The number of hydrogen-bond donors (Lipinski definition) is 2. The van der Waals surface area contributed by atoms with Crippen molar-refractivity contribution < 1.29 is 5.11 Å². The Morgan fingerprint density at radius 3 is 2.60 bits per heavy atom. The summed E-state index contributed by atoms with van der Waals surface area (Å²) in [5.41, 5.74) is 7.97. The van der Waals surface area contributed by atoms with Crippen molar-refractivity contribution in [3.05, 3.63) is 33.8 Å². The summed E-state index contributed by atoms with van der Waals surface area (Å²) < 4.78 is 1.11. The van der Waals surface area contributed by atoms with Gasteiger partial charge in [0, 0.05) is 11.1 Å². The SMILES string of the molecule is Cc1ccc(CC(CN)CO)cc1Br.Cl. The minimum absolute atomic E-state index is 0. The van der Waals surface area contributed by atoms with Crippen LogP contribution in [-0.4, -0.2) is 18.3 Å². The Hall–Kier alpha value is -0.0900. The number of aliphatic hydroxyl groups is 1. The van der Waals surface area contributed by atoms with Crippen LogP contribution in [0, 0.1) is 12.8 Å². The number of aryl methyl sites for hydroxylation is 1. The molecule has 2 nitrogen and oxygen atoms in total. The second kappa shape index (κ2) is 7.23. The Bertz CT molecular complexity index is 303. The largest absolute Gasteiger partial charge is 0.396 e. The Balaban J connectivity index is 0.00000196. The maximum Gasteiger partial charge on any atom is 0.0474 e. The Morgan fingerprint density at radius 2 is 2.13 bits per heavy atom. The summed E-state index contributed by atoms with van der Waals surface area (Å²) >= 11 is 3.49. The number of nitrogens with two attached hydrogens (primary N) is 1. The maximum atomic E-state index is 9.02. The summed E-state index contributed by atoms with van der Waals surface area (Å²) in [6, 6.07) is 6.25. The summed E-state index contributed by atoms with van der Waals surface area (Å²) in [6.07, 6.45) is 0.839. The highest BCUT2D eigenvalue weighted by molar-refractivity contribution is 9.10. The maximum absolute atomic E-state index is 9.02. The van der Waals surface area contributed by atoms with Gasteiger partial charge in [0.2, 0.25) is 0 Å². The molecule has 1 atom stereocenters. The monoisotopic (exact) mass is 293 g/mol. The van der Waals surface area contributed by atoms with Crippen molar-refractivity contribution in [2.75, 3.05) is 13.2 Å². The van der Waals surface area contributed by atoms with E-state index in [4.69, 9.17) is 10.8 Å². The molecule has 0 heterocycles. The summed E-state index contributed by atoms with van der Waals surface area (Å²) in [4.78, 5) is 0. The highest BCUT2D eigenvalue weighted by Crippen LogP contribution is 2.19. The number of hydrogen-bond acceptors (Lipinski definition) is 2. The molecule has 0 fully saturated rings. The lowest BCUT2D eigenvalue weighted by Crippen LogP contribution is -2.20. The molecule has 1 unspecified atom stereocenters. The normalized spacial score (nSPS) is 12.0. The van der Waals surface area contributed by atoms with Crippen molar-refractivity contribution in [2.24, 2.45) is 11.7 Å². The molecule has 1 aromatic carbocycles. The number of benzene rings is 1. The lowest BCUT2D eigenvalue weighted by molar-refractivity contribution is 0.230. The minimum atomic E-state index is 0. The molecule has 4 heteroatoms. The van der Waals surface area contributed by atoms with Crippen LogP contribution in [0.15, 0.2) is 22.7 Å².